The largest absolute Gasteiger partial charge is 0.492 e. The van der Waals surface area contributed by atoms with Gasteiger partial charge in [0, 0.05) is 18.3 Å². The average molecular weight is 360 g/mol. The predicted molar refractivity (Wildman–Crippen MR) is 106 cm³/mol. The zero-order valence-corrected chi connectivity index (χ0v) is 16.2. The number of anilines is 1. The van der Waals surface area contributed by atoms with E-state index in [1.807, 2.05) is 24.3 Å². The van der Waals surface area contributed by atoms with Crippen molar-refractivity contribution in [3.8, 4) is 5.75 Å². The molecule has 0 spiro atoms. The second-order valence-electron chi connectivity index (χ2n) is 7.49. The summed E-state index contributed by atoms with van der Waals surface area (Å²) in [5.74, 6) is 1.62. The number of carbonyl (C=O) groups excluding carboxylic acids is 1. The van der Waals surface area contributed by atoms with E-state index >= 15 is 0 Å². The van der Waals surface area contributed by atoms with Gasteiger partial charge in [0.25, 0.3) is 0 Å². The van der Waals surface area contributed by atoms with Gasteiger partial charge in [0.1, 0.15) is 12.4 Å². The van der Waals surface area contributed by atoms with Crippen LogP contribution >= 0.6 is 0 Å². The molecule has 1 aromatic carbocycles. The van der Waals surface area contributed by atoms with Gasteiger partial charge in [-0.3, -0.25) is 4.79 Å². The molecule has 2 N–H and O–H groups in total. The van der Waals surface area contributed by atoms with Crippen molar-refractivity contribution in [1.82, 2.24) is 10.2 Å². The van der Waals surface area contributed by atoms with Crippen LogP contribution in [0, 0.1) is 5.92 Å². The summed E-state index contributed by atoms with van der Waals surface area (Å²) in [6, 6.07) is 8.20. The minimum atomic E-state index is -0.0481. The molecule has 5 heteroatoms. The number of ether oxygens (including phenoxy) is 1. The Labute approximate surface area is 157 Å². The molecule has 26 heavy (non-hydrogen) atoms. The van der Waals surface area contributed by atoms with E-state index in [4.69, 9.17) is 4.74 Å². The molecule has 1 amide bonds. The van der Waals surface area contributed by atoms with Gasteiger partial charge >= 0.3 is 0 Å². The van der Waals surface area contributed by atoms with Crippen LogP contribution in [0.5, 0.6) is 5.75 Å². The first-order chi connectivity index (χ1) is 12.7. The molecule has 3 unspecified atom stereocenters. The van der Waals surface area contributed by atoms with Gasteiger partial charge in [-0.1, -0.05) is 26.7 Å². The molecular formula is C21H33N3O2. The number of amides is 1. The van der Waals surface area contributed by atoms with Gasteiger partial charge < -0.3 is 20.3 Å². The molecule has 1 aliphatic carbocycles. The van der Waals surface area contributed by atoms with E-state index in [1.165, 1.54) is 25.7 Å². The first-order valence-electron chi connectivity index (χ1n) is 10.2. The summed E-state index contributed by atoms with van der Waals surface area (Å²) in [6.45, 7) is 8.02. The maximum absolute atomic E-state index is 12.5. The summed E-state index contributed by atoms with van der Waals surface area (Å²) in [7, 11) is 0. The van der Waals surface area contributed by atoms with Gasteiger partial charge in [0.15, 0.2) is 0 Å². The molecule has 3 rings (SSSR count). The summed E-state index contributed by atoms with van der Waals surface area (Å²) < 4.78 is 5.80. The number of nitrogens with one attached hydrogen (secondary N) is 2. The van der Waals surface area contributed by atoms with E-state index in [-0.39, 0.29) is 11.9 Å². The highest BCUT2D eigenvalue weighted by molar-refractivity contribution is 5.95. The standard InChI is InChI=1S/C21H33N3O2/c1-3-24(4-2)13-14-26-18-11-9-17(10-12-18)22-21(25)20-15-16-7-5-6-8-19(16)23-20/h9-12,16,19-20,23H,3-8,13-15H2,1-2H3,(H,22,25). The van der Waals surface area contributed by atoms with E-state index in [9.17, 15) is 4.79 Å². The molecule has 1 saturated heterocycles. The second kappa shape index (κ2) is 9.38. The molecule has 1 aromatic rings. The lowest BCUT2D eigenvalue weighted by Gasteiger charge is -2.24. The van der Waals surface area contributed by atoms with Crippen molar-refractivity contribution in [3.63, 3.8) is 0 Å². The Kier molecular flexibility index (Phi) is 6.92. The Hall–Kier alpha value is -1.59. The highest BCUT2D eigenvalue weighted by Gasteiger charge is 2.38. The predicted octanol–water partition coefficient (Wildman–Crippen LogP) is 3.27. The number of fused-ring (bicyclic) bond motifs is 1. The zero-order valence-electron chi connectivity index (χ0n) is 16.2. The van der Waals surface area contributed by atoms with Crippen LogP contribution in [0.3, 0.4) is 0 Å². The lowest BCUT2D eigenvalue weighted by Crippen LogP contribution is -2.39. The van der Waals surface area contributed by atoms with Crippen LogP contribution in [-0.2, 0) is 4.79 Å². The molecule has 0 radical (unpaired) electrons. The van der Waals surface area contributed by atoms with Crippen LogP contribution in [0.25, 0.3) is 0 Å². The Bertz CT molecular complexity index is 557. The fourth-order valence-electron chi connectivity index (χ4n) is 4.22. The zero-order chi connectivity index (χ0) is 18.4. The minimum absolute atomic E-state index is 0.0481. The lowest BCUT2D eigenvalue weighted by atomic mass is 9.85. The van der Waals surface area contributed by atoms with Crippen molar-refractivity contribution >= 4 is 11.6 Å². The van der Waals surface area contributed by atoms with Crippen molar-refractivity contribution in [2.24, 2.45) is 5.92 Å². The van der Waals surface area contributed by atoms with E-state index in [1.54, 1.807) is 0 Å². The number of rotatable bonds is 8. The number of hydrogen-bond donors (Lipinski definition) is 2. The first kappa shape index (κ1) is 19.2. The Morgan fingerprint density at radius 1 is 1.19 bits per heavy atom. The quantitative estimate of drug-likeness (QED) is 0.748. The van der Waals surface area contributed by atoms with Gasteiger partial charge in [-0.15, -0.1) is 0 Å². The average Bonchev–Trinajstić information content (AvgIpc) is 3.11. The van der Waals surface area contributed by atoms with Crippen molar-refractivity contribution in [2.45, 2.75) is 58.0 Å². The topological polar surface area (TPSA) is 53.6 Å². The van der Waals surface area contributed by atoms with E-state index < -0.39 is 0 Å². The van der Waals surface area contributed by atoms with Crippen LogP contribution in [0.15, 0.2) is 24.3 Å². The molecule has 1 heterocycles. The maximum atomic E-state index is 12.5. The summed E-state index contributed by atoms with van der Waals surface area (Å²) in [5.41, 5.74) is 0.836. The number of nitrogens with zero attached hydrogens (tertiary/aromatic N) is 1. The third kappa shape index (κ3) is 4.98. The molecule has 0 bridgehead atoms. The molecule has 144 valence electrons. The fraction of sp³-hybridized carbons (Fsp3) is 0.667. The Morgan fingerprint density at radius 3 is 2.62 bits per heavy atom. The molecular weight excluding hydrogens is 326 g/mol. The van der Waals surface area contributed by atoms with Crippen molar-refractivity contribution in [2.75, 3.05) is 31.6 Å². The molecule has 2 aliphatic rings. The smallest absolute Gasteiger partial charge is 0.241 e. The SMILES string of the molecule is CCN(CC)CCOc1ccc(NC(=O)C2CC3CCCCC3N2)cc1. The number of carbonyl (C=O) groups is 1. The molecule has 3 atom stereocenters. The Balaban J connectivity index is 1.44. The van der Waals surface area contributed by atoms with Gasteiger partial charge in [-0.05, 0) is 62.5 Å². The van der Waals surface area contributed by atoms with E-state index in [0.29, 0.717) is 18.6 Å². The van der Waals surface area contributed by atoms with Crippen LogP contribution in [0.4, 0.5) is 5.69 Å². The summed E-state index contributed by atoms with van der Waals surface area (Å²) in [5, 5.41) is 6.58. The van der Waals surface area contributed by atoms with E-state index in [0.717, 1.165) is 37.5 Å². The summed E-state index contributed by atoms with van der Waals surface area (Å²) in [4.78, 5) is 14.9. The van der Waals surface area contributed by atoms with Crippen molar-refractivity contribution < 1.29 is 9.53 Å². The normalized spacial score (nSPS) is 25.1. The molecule has 5 nitrogen and oxygen atoms in total. The van der Waals surface area contributed by atoms with E-state index in [2.05, 4.69) is 29.4 Å². The van der Waals surface area contributed by atoms with Crippen LogP contribution < -0.4 is 15.4 Å². The Morgan fingerprint density at radius 2 is 1.92 bits per heavy atom. The summed E-state index contributed by atoms with van der Waals surface area (Å²) in [6.07, 6.45) is 6.06. The monoisotopic (exact) mass is 359 g/mol. The fourth-order valence-corrected chi connectivity index (χ4v) is 4.22. The third-order valence-corrected chi connectivity index (χ3v) is 5.87. The lowest BCUT2D eigenvalue weighted by molar-refractivity contribution is -0.117. The van der Waals surface area contributed by atoms with Gasteiger partial charge in [-0.2, -0.15) is 0 Å². The second-order valence-corrected chi connectivity index (χ2v) is 7.49. The van der Waals surface area contributed by atoms with Crippen molar-refractivity contribution in [3.05, 3.63) is 24.3 Å². The molecule has 1 aliphatic heterocycles. The molecule has 2 fully saturated rings. The number of hydrogen-bond acceptors (Lipinski definition) is 4. The number of benzene rings is 1. The molecule has 1 saturated carbocycles. The summed E-state index contributed by atoms with van der Waals surface area (Å²) >= 11 is 0. The highest BCUT2D eigenvalue weighted by Crippen LogP contribution is 2.33. The minimum Gasteiger partial charge on any atom is -0.492 e. The van der Waals surface area contributed by atoms with Crippen LogP contribution in [0.1, 0.15) is 46.0 Å². The van der Waals surface area contributed by atoms with Crippen LogP contribution in [-0.4, -0.2) is 49.1 Å². The third-order valence-electron chi connectivity index (χ3n) is 5.87. The van der Waals surface area contributed by atoms with Crippen molar-refractivity contribution in [1.29, 1.82) is 0 Å². The molecule has 0 aromatic heterocycles. The van der Waals surface area contributed by atoms with Gasteiger partial charge in [0.05, 0.1) is 6.04 Å². The number of likely N-dealkylation sites (N-methyl/N-ethyl adjacent to an activating group) is 1. The van der Waals surface area contributed by atoms with Gasteiger partial charge in [-0.25, -0.2) is 0 Å². The highest BCUT2D eigenvalue weighted by atomic mass is 16.5. The van der Waals surface area contributed by atoms with Gasteiger partial charge in [0.2, 0.25) is 5.91 Å². The maximum Gasteiger partial charge on any atom is 0.241 e. The van der Waals surface area contributed by atoms with Crippen LogP contribution in [0.2, 0.25) is 0 Å². The first-order valence-corrected chi connectivity index (χ1v) is 10.2.